The highest BCUT2D eigenvalue weighted by atomic mass is 28.4. The third-order valence-corrected chi connectivity index (χ3v) is 8.94. The molecule has 3 aliphatic heterocycles. The van der Waals surface area contributed by atoms with Gasteiger partial charge in [0.15, 0.2) is 0 Å². The van der Waals surface area contributed by atoms with E-state index >= 15 is 0 Å². The van der Waals surface area contributed by atoms with E-state index < -0.39 is 8.56 Å². The Kier molecular flexibility index (Phi) is 6.82. The van der Waals surface area contributed by atoms with Crippen molar-refractivity contribution in [1.82, 2.24) is 14.7 Å². The summed E-state index contributed by atoms with van der Waals surface area (Å²) in [7, 11) is -2.08. The van der Waals surface area contributed by atoms with Gasteiger partial charge in [-0.25, -0.2) is 0 Å². The molecule has 4 aliphatic rings. The molecule has 1 atom stereocenters. The van der Waals surface area contributed by atoms with E-state index in [1.54, 1.807) is 0 Å². The fourth-order valence-corrected chi connectivity index (χ4v) is 5.87. The molecule has 1 aliphatic carbocycles. The number of hydrogen-bond donors (Lipinski definition) is 1. The van der Waals surface area contributed by atoms with Crippen LogP contribution in [0.5, 0.6) is 0 Å². The second-order valence-electron chi connectivity index (χ2n) is 7.78. The first-order valence-corrected chi connectivity index (χ1v) is 13.1. The van der Waals surface area contributed by atoms with Crippen LogP contribution in [0.3, 0.4) is 0 Å². The molecule has 0 aromatic carbocycles. The number of nitrogens with two attached hydrogens (primary N) is 1. The van der Waals surface area contributed by atoms with E-state index in [0.29, 0.717) is 30.3 Å². The molecule has 3 heterocycles. The molecule has 3 fully saturated rings. The first-order valence-electron chi connectivity index (χ1n) is 10.7. The van der Waals surface area contributed by atoms with Gasteiger partial charge < -0.3 is 29.3 Å². The van der Waals surface area contributed by atoms with Crippen molar-refractivity contribution >= 4 is 20.1 Å². The van der Waals surface area contributed by atoms with Crippen LogP contribution in [0.1, 0.15) is 27.2 Å². The lowest BCUT2D eigenvalue weighted by Crippen LogP contribution is -2.55. The highest BCUT2D eigenvalue weighted by Crippen LogP contribution is 2.33. The second kappa shape index (κ2) is 8.99. The van der Waals surface area contributed by atoms with Crippen LogP contribution in [0.15, 0.2) is 23.2 Å². The van der Waals surface area contributed by atoms with Crippen molar-refractivity contribution in [2.45, 2.75) is 39.4 Å². The minimum atomic E-state index is -2.08. The molecule has 0 aromatic heterocycles. The molecule has 0 spiro atoms. The predicted octanol–water partition coefficient (Wildman–Crippen LogP) is 0.588. The fraction of sp³-hybridized carbons (Fsp3) is 0.700. The number of carbonyl (C=O) groups excluding carboxylic acids is 2. The lowest BCUT2D eigenvalue weighted by molar-refractivity contribution is -0.117. The smallest absolute Gasteiger partial charge is 0.352 e. The van der Waals surface area contributed by atoms with Gasteiger partial charge in [0.25, 0.3) is 0 Å². The highest BCUT2D eigenvalue weighted by Gasteiger charge is 2.43. The fourth-order valence-electron chi connectivity index (χ4n) is 3.48. The van der Waals surface area contributed by atoms with Gasteiger partial charge in [-0.2, -0.15) is 0 Å². The molecule has 29 heavy (non-hydrogen) atoms. The molecule has 0 aromatic rings. The molecule has 3 saturated heterocycles. The van der Waals surface area contributed by atoms with E-state index in [-0.39, 0.29) is 17.2 Å². The molecule has 8 nitrogen and oxygen atoms in total. The average molecular weight is 423 g/mol. The molecule has 0 radical (unpaired) electrons. The summed E-state index contributed by atoms with van der Waals surface area (Å²) in [5.41, 5.74) is 7.90. The van der Waals surface area contributed by atoms with Crippen molar-refractivity contribution in [3.63, 3.8) is 0 Å². The number of hydrogen-bond acceptors (Lipinski definition) is 8. The van der Waals surface area contributed by atoms with Gasteiger partial charge in [-0.3, -0.25) is 9.59 Å². The Morgan fingerprint density at radius 2 is 1.41 bits per heavy atom. The first kappa shape index (κ1) is 22.0. The summed E-state index contributed by atoms with van der Waals surface area (Å²) in [5.74, 6) is 0.0485. The molecule has 0 bridgehead atoms. The van der Waals surface area contributed by atoms with Crippen molar-refractivity contribution in [2.75, 3.05) is 52.5 Å². The number of Topliss-reactive ketones (excluding diaryl/α,β-unsaturated/α-hetero) is 1. The van der Waals surface area contributed by atoms with Crippen LogP contribution in [0.25, 0.3) is 0 Å². The van der Waals surface area contributed by atoms with E-state index in [0.717, 1.165) is 45.7 Å². The molecule has 4 rings (SSSR count). The molecule has 0 amide bonds. The van der Waals surface area contributed by atoms with Gasteiger partial charge in [-0.15, -0.1) is 0 Å². The van der Waals surface area contributed by atoms with Crippen molar-refractivity contribution in [3.05, 3.63) is 23.2 Å². The molecule has 1 unspecified atom stereocenters. The van der Waals surface area contributed by atoms with Crippen LogP contribution in [-0.4, -0.2) is 93.0 Å². The third kappa shape index (κ3) is 5.09. The van der Waals surface area contributed by atoms with E-state index in [1.807, 2.05) is 35.1 Å². The Morgan fingerprint density at radius 1 is 0.931 bits per heavy atom. The number of rotatable bonds is 9. The van der Waals surface area contributed by atoms with Crippen LogP contribution in [-0.2, 0) is 18.4 Å². The van der Waals surface area contributed by atoms with Gasteiger partial charge in [0, 0.05) is 64.2 Å². The van der Waals surface area contributed by atoms with Gasteiger partial charge in [0.05, 0.1) is 5.70 Å². The van der Waals surface area contributed by atoms with Crippen LogP contribution >= 0.6 is 0 Å². The third-order valence-electron chi connectivity index (χ3n) is 5.46. The van der Waals surface area contributed by atoms with E-state index in [9.17, 15) is 9.59 Å². The van der Waals surface area contributed by atoms with Crippen molar-refractivity contribution in [2.24, 2.45) is 5.73 Å². The van der Waals surface area contributed by atoms with Gasteiger partial charge in [0.1, 0.15) is 11.4 Å². The zero-order valence-electron chi connectivity index (χ0n) is 18.1. The van der Waals surface area contributed by atoms with Crippen molar-refractivity contribution < 1.29 is 18.4 Å². The number of allylic oxidation sites excluding steroid dienone is 1. The average Bonchev–Trinajstić information content (AvgIpc) is 3.55. The van der Waals surface area contributed by atoms with Crippen molar-refractivity contribution in [1.29, 1.82) is 0 Å². The quantitative estimate of drug-likeness (QED) is 0.328. The summed E-state index contributed by atoms with van der Waals surface area (Å²) in [6, 6.07) is 0. The highest BCUT2D eigenvalue weighted by molar-refractivity contribution is 6.67. The molecule has 0 saturated carbocycles. The zero-order chi connectivity index (χ0) is 21.2. The summed E-state index contributed by atoms with van der Waals surface area (Å²) >= 11 is 0. The van der Waals surface area contributed by atoms with Gasteiger partial charge in [0.2, 0.25) is 11.6 Å². The topological polar surface area (TPSA) is 87.7 Å². The minimum absolute atomic E-state index is 0.00546. The maximum Gasteiger partial charge on any atom is 0.352 e. The monoisotopic (exact) mass is 422 g/mol. The Hall–Kier alpha value is -1.68. The van der Waals surface area contributed by atoms with Crippen LogP contribution in [0.2, 0.25) is 6.55 Å². The lowest BCUT2D eigenvalue weighted by Gasteiger charge is -2.30. The van der Waals surface area contributed by atoms with Crippen molar-refractivity contribution in [3.8, 4) is 0 Å². The molecule has 9 heteroatoms. The van der Waals surface area contributed by atoms with Gasteiger partial charge in [-0.05, 0) is 26.8 Å². The predicted molar refractivity (Wildman–Crippen MR) is 113 cm³/mol. The Balaban J connectivity index is 0.000000179. The van der Waals surface area contributed by atoms with E-state index in [4.69, 9.17) is 14.6 Å². The van der Waals surface area contributed by atoms with E-state index in [2.05, 4.69) is 6.92 Å². The van der Waals surface area contributed by atoms with Crippen LogP contribution in [0.4, 0.5) is 0 Å². The molecular formula is C20H34N4O4Si. The number of nitrogens with zero attached hydrogens (tertiary/aromatic N) is 3. The summed E-state index contributed by atoms with van der Waals surface area (Å²) in [5, 5.41) is 0. The van der Waals surface area contributed by atoms with E-state index in [1.165, 1.54) is 6.08 Å². The molecule has 162 valence electrons. The SMILES string of the molecule is CCO[Si](C)(OCC)C(N)CC.O=C1C=C(N2CC2)C(=O)C(N2CC2)=C1N1CC1. The first-order chi connectivity index (χ1) is 13.9. The Bertz CT molecular complexity index is 705. The second-order valence-corrected chi connectivity index (χ2v) is 11.1. The number of ketones is 2. The normalized spacial score (nSPS) is 21.7. The molecule has 2 N–H and O–H groups in total. The van der Waals surface area contributed by atoms with Crippen LogP contribution < -0.4 is 5.73 Å². The standard InChI is InChI=1S/C12H13N3O2.C8H21NO2Si/c16-9-7-8(13-1-2-13)12(17)11(15-5-6-15)10(9)14-3-4-14;1-5-8(9)12(4,10-6-2)11-7-3/h7H,1-6H2;8H,5-7,9H2,1-4H3. The number of carbonyl (C=O) groups is 2. The van der Waals surface area contributed by atoms with Gasteiger partial charge in [-0.1, -0.05) is 6.92 Å². The molecular weight excluding hydrogens is 388 g/mol. The summed E-state index contributed by atoms with van der Waals surface area (Å²) in [6.07, 6.45) is 2.44. The lowest BCUT2D eigenvalue weighted by atomic mass is 10.0. The summed E-state index contributed by atoms with van der Waals surface area (Å²) < 4.78 is 11.2. The largest absolute Gasteiger partial charge is 0.394 e. The zero-order valence-corrected chi connectivity index (χ0v) is 19.1. The minimum Gasteiger partial charge on any atom is -0.394 e. The summed E-state index contributed by atoms with van der Waals surface area (Å²) in [4.78, 5) is 30.5. The maximum atomic E-state index is 12.4. The van der Waals surface area contributed by atoms with Gasteiger partial charge >= 0.3 is 8.56 Å². The Labute approximate surface area is 174 Å². The maximum absolute atomic E-state index is 12.4. The Morgan fingerprint density at radius 3 is 1.83 bits per heavy atom. The summed E-state index contributed by atoms with van der Waals surface area (Å²) in [6.45, 7) is 14.8. The van der Waals surface area contributed by atoms with Crippen LogP contribution in [0, 0.1) is 0 Å².